The third-order valence-corrected chi connectivity index (χ3v) is 5.45. The number of halogens is 1. The smallest absolute Gasteiger partial charge is 0.339 e. The molecular weight excluding hydrogens is 395 g/mol. The molecule has 1 heterocycles. The van der Waals surface area contributed by atoms with E-state index in [0.29, 0.717) is 29.2 Å². The molecule has 0 spiro atoms. The molecule has 29 heavy (non-hydrogen) atoms. The van der Waals surface area contributed by atoms with Crippen molar-refractivity contribution >= 4 is 35.2 Å². The molecule has 1 aliphatic rings. The summed E-state index contributed by atoms with van der Waals surface area (Å²) < 4.78 is 18.1. The van der Waals surface area contributed by atoms with Crippen LogP contribution >= 0.6 is 11.8 Å². The minimum Gasteiger partial charge on any atom is -0.452 e. The molecule has 152 valence electrons. The molecule has 0 aromatic heterocycles. The zero-order valence-corrected chi connectivity index (χ0v) is 16.5. The molecule has 3 rings (SSSR count). The fourth-order valence-electron chi connectivity index (χ4n) is 2.90. The highest BCUT2D eigenvalue weighted by Gasteiger charge is 2.20. The Hall–Kier alpha value is -2.87. The van der Waals surface area contributed by atoms with E-state index in [2.05, 4.69) is 5.32 Å². The predicted octanol–water partition coefficient (Wildman–Crippen LogP) is 3.34. The molecule has 1 fully saturated rings. The van der Waals surface area contributed by atoms with E-state index in [0.717, 1.165) is 12.8 Å². The van der Waals surface area contributed by atoms with E-state index in [1.165, 1.54) is 36.0 Å². The molecule has 2 aromatic rings. The molecule has 1 aliphatic heterocycles. The average molecular weight is 416 g/mol. The van der Waals surface area contributed by atoms with Gasteiger partial charge < -0.3 is 15.0 Å². The molecule has 0 aliphatic carbocycles. The van der Waals surface area contributed by atoms with Crippen LogP contribution in [0.2, 0.25) is 0 Å². The highest BCUT2D eigenvalue weighted by Crippen LogP contribution is 2.24. The molecule has 6 nitrogen and oxygen atoms in total. The van der Waals surface area contributed by atoms with E-state index < -0.39 is 5.97 Å². The summed E-state index contributed by atoms with van der Waals surface area (Å²) in [6.07, 6.45) is 1.94. The fraction of sp³-hybridized carbons (Fsp3) is 0.286. The number of nitrogens with one attached hydrogen (secondary N) is 1. The molecular formula is C21H21FN2O4S. The summed E-state index contributed by atoms with van der Waals surface area (Å²) in [6.45, 7) is 1.11. The van der Waals surface area contributed by atoms with Gasteiger partial charge in [-0.3, -0.25) is 9.59 Å². The summed E-state index contributed by atoms with van der Waals surface area (Å²) >= 11 is 1.18. The summed E-state index contributed by atoms with van der Waals surface area (Å²) in [5, 5.41) is 2.67. The van der Waals surface area contributed by atoms with Crippen LogP contribution in [0, 0.1) is 5.82 Å². The van der Waals surface area contributed by atoms with Crippen LogP contribution in [0.5, 0.6) is 0 Å². The minimum atomic E-state index is -0.598. The van der Waals surface area contributed by atoms with Crippen LogP contribution < -0.4 is 5.32 Å². The van der Waals surface area contributed by atoms with Gasteiger partial charge in [-0.15, -0.1) is 11.8 Å². The second kappa shape index (κ2) is 10.1. The molecule has 0 radical (unpaired) electrons. The summed E-state index contributed by atoms with van der Waals surface area (Å²) in [6, 6.07) is 12.2. The van der Waals surface area contributed by atoms with E-state index in [1.807, 2.05) is 0 Å². The Balaban J connectivity index is 1.53. The maximum Gasteiger partial charge on any atom is 0.339 e. The van der Waals surface area contributed by atoms with Crippen LogP contribution in [0.3, 0.4) is 0 Å². The van der Waals surface area contributed by atoms with Gasteiger partial charge in [0.05, 0.1) is 11.3 Å². The standard InChI is InChI=1S/C21H21FN2O4S/c22-15-7-9-16(10-8-15)23-19(25)14-29-18-6-2-1-5-17(18)21(27)28-13-20(26)24-11-3-4-12-24/h1-2,5-10H,3-4,11-14H2,(H,23,25). The largest absolute Gasteiger partial charge is 0.452 e. The van der Waals surface area contributed by atoms with Crippen molar-refractivity contribution in [3.63, 3.8) is 0 Å². The van der Waals surface area contributed by atoms with Crippen molar-refractivity contribution in [2.45, 2.75) is 17.7 Å². The number of hydrogen-bond donors (Lipinski definition) is 1. The number of benzene rings is 2. The van der Waals surface area contributed by atoms with Crippen LogP contribution in [0.1, 0.15) is 23.2 Å². The maximum atomic E-state index is 12.9. The lowest BCUT2D eigenvalue weighted by Gasteiger charge is -2.15. The molecule has 1 saturated heterocycles. The quantitative estimate of drug-likeness (QED) is 0.554. The summed E-state index contributed by atoms with van der Waals surface area (Å²) in [5.74, 6) is -1.39. The number of carbonyl (C=O) groups excluding carboxylic acids is 3. The molecule has 1 N–H and O–H groups in total. The highest BCUT2D eigenvalue weighted by molar-refractivity contribution is 8.00. The monoisotopic (exact) mass is 416 g/mol. The fourth-order valence-corrected chi connectivity index (χ4v) is 3.74. The van der Waals surface area contributed by atoms with E-state index in [1.54, 1.807) is 29.2 Å². The van der Waals surface area contributed by atoms with Gasteiger partial charge in [-0.25, -0.2) is 9.18 Å². The maximum absolute atomic E-state index is 12.9. The zero-order valence-electron chi connectivity index (χ0n) is 15.7. The molecule has 0 unspecified atom stereocenters. The van der Waals surface area contributed by atoms with Crippen molar-refractivity contribution in [3.8, 4) is 0 Å². The van der Waals surface area contributed by atoms with Gasteiger partial charge in [-0.2, -0.15) is 0 Å². The van der Waals surface area contributed by atoms with Gasteiger partial charge in [0.1, 0.15) is 5.82 Å². The lowest BCUT2D eigenvalue weighted by Crippen LogP contribution is -2.32. The van der Waals surface area contributed by atoms with Gasteiger partial charge in [0.2, 0.25) is 5.91 Å². The summed E-state index contributed by atoms with van der Waals surface area (Å²) in [5.41, 5.74) is 0.798. The highest BCUT2D eigenvalue weighted by atomic mass is 32.2. The Kier molecular flexibility index (Phi) is 7.24. The lowest BCUT2D eigenvalue weighted by molar-refractivity contribution is -0.133. The van der Waals surface area contributed by atoms with E-state index in [-0.39, 0.29) is 30.0 Å². The number of amides is 2. The number of carbonyl (C=O) groups is 3. The van der Waals surface area contributed by atoms with E-state index >= 15 is 0 Å². The predicted molar refractivity (Wildman–Crippen MR) is 108 cm³/mol. The Morgan fingerprint density at radius 1 is 1.03 bits per heavy atom. The SMILES string of the molecule is O=C(CSc1ccccc1C(=O)OCC(=O)N1CCCC1)Nc1ccc(F)cc1. The minimum absolute atomic E-state index is 0.0639. The number of likely N-dealkylation sites (tertiary alicyclic amines) is 1. The van der Waals surface area contributed by atoms with Gasteiger partial charge in [-0.1, -0.05) is 12.1 Å². The molecule has 8 heteroatoms. The van der Waals surface area contributed by atoms with Crippen molar-refractivity contribution in [1.29, 1.82) is 0 Å². The second-order valence-electron chi connectivity index (χ2n) is 6.50. The second-order valence-corrected chi connectivity index (χ2v) is 7.52. The van der Waals surface area contributed by atoms with Gasteiger partial charge in [0.25, 0.3) is 5.91 Å². The van der Waals surface area contributed by atoms with Crippen molar-refractivity contribution in [2.75, 3.05) is 30.8 Å². The van der Waals surface area contributed by atoms with Crippen LogP contribution in [-0.2, 0) is 14.3 Å². The first-order chi connectivity index (χ1) is 14.0. The molecule has 2 amide bonds. The number of anilines is 1. The zero-order chi connectivity index (χ0) is 20.6. The Morgan fingerprint density at radius 3 is 2.45 bits per heavy atom. The first-order valence-corrected chi connectivity index (χ1v) is 10.2. The van der Waals surface area contributed by atoms with Crippen LogP contribution in [0.4, 0.5) is 10.1 Å². The molecule has 0 bridgehead atoms. The van der Waals surface area contributed by atoms with Crippen LogP contribution in [0.25, 0.3) is 0 Å². The van der Waals surface area contributed by atoms with Crippen LogP contribution in [0.15, 0.2) is 53.4 Å². The van der Waals surface area contributed by atoms with Crippen molar-refractivity contribution in [2.24, 2.45) is 0 Å². The Labute approximate surface area is 172 Å². The van der Waals surface area contributed by atoms with Crippen molar-refractivity contribution in [3.05, 3.63) is 59.9 Å². The number of hydrogen-bond acceptors (Lipinski definition) is 5. The van der Waals surface area contributed by atoms with Gasteiger partial charge in [0.15, 0.2) is 6.61 Å². The molecule has 2 aromatic carbocycles. The van der Waals surface area contributed by atoms with Gasteiger partial charge in [-0.05, 0) is 49.2 Å². The van der Waals surface area contributed by atoms with Crippen LogP contribution in [-0.4, -0.2) is 48.1 Å². The van der Waals surface area contributed by atoms with Crippen molar-refractivity contribution < 1.29 is 23.5 Å². The summed E-state index contributed by atoms with van der Waals surface area (Å²) in [7, 11) is 0. The lowest BCUT2D eigenvalue weighted by atomic mass is 10.2. The van der Waals surface area contributed by atoms with E-state index in [9.17, 15) is 18.8 Å². The Bertz CT molecular complexity index is 883. The van der Waals surface area contributed by atoms with Crippen molar-refractivity contribution in [1.82, 2.24) is 4.90 Å². The first-order valence-electron chi connectivity index (χ1n) is 9.25. The number of nitrogens with zero attached hydrogens (tertiary/aromatic N) is 1. The average Bonchev–Trinajstić information content (AvgIpc) is 3.27. The molecule has 0 saturated carbocycles. The van der Waals surface area contributed by atoms with Gasteiger partial charge >= 0.3 is 5.97 Å². The normalized spacial score (nSPS) is 13.2. The summed E-state index contributed by atoms with van der Waals surface area (Å²) in [4.78, 5) is 38.8. The first kappa shape index (κ1) is 20.9. The number of rotatable bonds is 7. The molecule has 0 atom stereocenters. The Morgan fingerprint density at radius 2 is 1.72 bits per heavy atom. The third-order valence-electron chi connectivity index (χ3n) is 4.38. The third kappa shape index (κ3) is 6.05. The van der Waals surface area contributed by atoms with Gasteiger partial charge in [0, 0.05) is 23.7 Å². The topological polar surface area (TPSA) is 75.7 Å². The number of thioether (sulfide) groups is 1. The number of ether oxygens (including phenoxy) is 1. The van der Waals surface area contributed by atoms with E-state index in [4.69, 9.17) is 4.74 Å². The number of esters is 1.